The van der Waals surface area contributed by atoms with E-state index in [0.717, 1.165) is 54.8 Å². The number of aromatic nitrogens is 7. The summed E-state index contributed by atoms with van der Waals surface area (Å²) in [5, 5.41) is 16.7. The lowest BCUT2D eigenvalue weighted by molar-refractivity contribution is 0.122. The van der Waals surface area contributed by atoms with Crippen LogP contribution in [-0.2, 0) is 25.4 Å². The summed E-state index contributed by atoms with van der Waals surface area (Å²) in [4.78, 5) is 9.26. The highest BCUT2D eigenvalue weighted by Crippen LogP contribution is 2.32. The lowest BCUT2D eigenvalue weighted by atomic mass is 10.2. The van der Waals surface area contributed by atoms with E-state index >= 15 is 0 Å². The molecule has 0 amide bonds. The van der Waals surface area contributed by atoms with Gasteiger partial charge in [0.15, 0.2) is 5.82 Å². The monoisotopic (exact) mass is 458 g/mol. The second kappa shape index (κ2) is 8.34. The number of nitrogens with zero attached hydrogens (tertiary/aromatic N) is 9. The molecule has 0 atom stereocenters. The molecule has 4 aromatic rings. The van der Waals surface area contributed by atoms with Crippen LogP contribution in [0.3, 0.4) is 0 Å². The van der Waals surface area contributed by atoms with Gasteiger partial charge in [-0.25, -0.2) is 4.68 Å². The average molecular weight is 459 g/mol. The molecule has 2 aliphatic rings. The van der Waals surface area contributed by atoms with Gasteiger partial charge in [-0.3, -0.25) is 9.36 Å². The van der Waals surface area contributed by atoms with Crippen LogP contribution in [-0.4, -0.2) is 60.6 Å². The van der Waals surface area contributed by atoms with Gasteiger partial charge in [0.05, 0.1) is 49.7 Å². The van der Waals surface area contributed by atoms with Gasteiger partial charge in [-0.05, 0) is 24.3 Å². The van der Waals surface area contributed by atoms with Gasteiger partial charge in [-0.2, -0.15) is 15.2 Å². The van der Waals surface area contributed by atoms with Gasteiger partial charge in [0.2, 0.25) is 5.95 Å². The number of aryl methyl sites for hydroxylation is 2. The normalized spacial score (nSPS) is 15.9. The van der Waals surface area contributed by atoms with Crippen molar-refractivity contribution >= 4 is 34.9 Å². The molecule has 174 valence electrons. The fourth-order valence-corrected chi connectivity index (χ4v) is 4.30. The SMILES string of the molecule is Cn1cc(C2=Cn3nc(Nc4ccc(N5CCOCC5)cc4)nc3CN2c2cnn(C)c2)cn1. The molecule has 11 heteroatoms. The number of rotatable bonds is 5. The third kappa shape index (κ3) is 3.90. The topological polar surface area (TPSA) is 94.1 Å². The van der Waals surface area contributed by atoms with Gasteiger partial charge in [0.25, 0.3) is 0 Å². The summed E-state index contributed by atoms with van der Waals surface area (Å²) in [6, 6.07) is 8.36. The molecule has 0 unspecified atom stereocenters. The van der Waals surface area contributed by atoms with Crippen molar-refractivity contribution in [3.63, 3.8) is 0 Å². The van der Waals surface area contributed by atoms with E-state index in [9.17, 15) is 0 Å². The summed E-state index contributed by atoms with van der Waals surface area (Å²) in [5.41, 5.74) is 5.11. The van der Waals surface area contributed by atoms with Gasteiger partial charge in [0.1, 0.15) is 0 Å². The highest BCUT2D eigenvalue weighted by Gasteiger charge is 2.25. The lowest BCUT2D eigenvalue weighted by Gasteiger charge is -2.28. The van der Waals surface area contributed by atoms with E-state index in [4.69, 9.17) is 14.8 Å². The van der Waals surface area contributed by atoms with E-state index in [1.165, 1.54) is 5.69 Å². The maximum absolute atomic E-state index is 5.45. The standard InChI is InChI=1S/C23H26N10O/c1-29-13-17(11-24-29)21-15-33-22(16-32(21)20-12-25-30(2)14-20)27-23(28-33)26-18-3-5-19(6-4-18)31-7-9-34-10-8-31/h3-6,11-15H,7-10,16H2,1-2H3,(H,26,28). The molecule has 0 bridgehead atoms. The van der Waals surface area contributed by atoms with Crippen molar-refractivity contribution in [1.29, 1.82) is 0 Å². The highest BCUT2D eigenvalue weighted by molar-refractivity contribution is 5.86. The Morgan fingerprint density at radius 3 is 2.38 bits per heavy atom. The molecular formula is C23H26N10O. The summed E-state index contributed by atoms with van der Waals surface area (Å²) in [7, 11) is 3.82. The van der Waals surface area contributed by atoms with Crippen LogP contribution in [0.15, 0.2) is 49.1 Å². The molecule has 1 aromatic carbocycles. The minimum absolute atomic E-state index is 0.559. The molecular weight excluding hydrogens is 432 g/mol. The molecule has 5 heterocycles. The first-order chi connectivity index (χ1) is 16.6. The van der Waals surface area contributed by atoms with E-state index < -0.39 is 0 Å². The molecule has 11 nitrogen and oxygen atoms in total. The summed E-state index contributed by atoms with van der Waals surface area (Å²) in [6.45, 7) is 3.95. The Morgan fingerprint density at radius 1 is 0.912 bits per heavy atom. The van der Waals surface area contributed by atoms with Crippen LogP contribution < -0.4 is 15.1 Å². The molecule has 34 heavy (non-hydrogen) atoms. The van der Waals surface area contributed by atoms with Crippen molar-refractivity contribution in [2.75, 3.05) is 41.4 Å². The molecule has 2 aliphatic heterocycles. The number of fused-ring (bicyclic) bond motifs is 1. The minimum Gasteiger partial charge on any atom is -0.378 e. The fraction of sp³-hybridized carbons (Fsp3) is 0.304. The molecule has 6 rings (SSSR count). The van der Waals surface area contributed by atoms with E-state index in [1.54, 1.807) is 9.36 Å². The van der Waals surface area contributed by atoms with Gasteiger partial charge in [0, 0.05) is 56.5 Å². The Morgan fingerprint density at radius 2 is 1.68 bits per heavy atom. The van der Waals surface area contributed by atoms with Gasteiger partial charge >= 0.3 is 0 Å². The van der Waals surface area contributed by atoms with Crippen LogP contribution >= 0.6 is 0 Å². The smallest absolute Gasteiger partial charge is 0.247 e. The number of anilines is 4. The number of benzene rings is 1. The molecule has 3 aromatic heterocycles. The van der Waals surface area contributed by atoms with Crippen LogP contribution in [0.2, 0.25) is 0 Å². The zero-order valence-electron chi connectivity index (χ0n) is 19.2. The van der Waals surface area contributed by atoms with Gasteiger partial charge in [-0.15, -0.1) is 5.10 Å². The molecule has 0 spiro atoms. The predicted molar refractivity (Wildman–Crippen MR) is 130 cm³/mol. The Balaban J connectivity index is 1.26. The zero-order valence-corrected chi connectivity index (χ0v) is 19.2. The number of hydrogen-bond acceptors (Lipinski definition) is 8. The first-order valence-electron chi connectivity index (χ1n) is 11.2. The maximum atomic E-state index is 5.45. The lowest BCUT2D eigenvalue weighted by Crippen LogP contribution is -2.36. The molecule has 1 N–H and O–H groups in total. The Labute approximate surface area is 196 Å². The predicted octanol–water partition coefficient (Wildman–Crippen LogP) is 2.30. The second-order valence-corrected chi connectivity index (χ2v) is 8.44. The summed E-state index contributed by atoms with van der Waals surface area (Å²) in [6.07, 6.45) is 9.68. The van der Waals surface area contributed by atoms with Gasteiger partial charge in [-0.1, -0.05) is 0 Å². The van der Waals surface area contributed by atoms with Crippen molar-refractivity contribution in [3.05, 3.63) is 60.4 Å². The third-order valence-electron chi connectivity index (χ3n) is 6.04. The quantitative estimate of drug-likeness (QED) is 0.487. The third-order valence-corrected chi connectivity index (χ3v) is 6.04. The van der Waals surface area contributed by atoms with Crippen LogP contribution in [0.4, 0.5) is 23.0 Å². The summed E-state index contributed by atoms with van der Waals surface area (Å²) < 4.78 is 10.9. The Bertz CT molecular complexity index is 1330. The number of nitrogens with one attached hydrogen (secondary N) is 1. The van der Waals surface area contributed by atoms with Crippen molar-refractivity contribution < 1.29 is 4.74 Å². The van der Waals surface area contributed by atoms with E-state index in [2.05, 4.69) is 49.6 Å². The fourth-order valence-electron chi connectivity index (χ4n) is 4.30. The van der Waals surface area contributed by atoms with Gasteiger partial charge < -0.3 is 19.9 Å². The number of morpholine rings is 1. The first kappa shape index (κ1) is 20.5. The van der Waals surface area contributed by atoms with E-state index in [1.807, 2.05) is 49.8 Å². The molecule has 0 aliphatic carbocycles. The first-order valence-corrected chi connectivity index (χ1v) is 11.2. The summed E-state index contributed by atoms with van der Waals surface area (Å²) >= 11 is 0. The second-order valence-electron chi connectivity index (χ2n) is 8.44. The van der Waals surface area contributed by atoms with Crippen LogP contribution in [0.5, 0.6) is 0 Å². The van der Waals surface area contributed by atoms with Crippen LogP contribution in [0.25, 0.3) is 11.9 Å². The van der Waals surface area contributed by atoms with Crippen molar-refractivity contribution in [2.45, 2.75) is 6.54 Å². The van der Waals surface area contributed by atoms with Crippen LogP contribution in [0, 0.1) is 0 Å². The van der Waals surface area contributed by atoms with Crippen molar-refractivity contribution in [3.8, 4) is 0 Å². The van der Waals surface area contributed by atoms with E-state index in [-0.39, 0.29) is 0 Å². The maximum Gasteiger partial charge on any atom is 0.247 e. The average Bonchev–Trinajstić information content (AvgIpc) is 3.58. The van der Waals surface area contributed by atoms with E-state index in [0.29, 0.717) is 12.5 Å². The Hall–Kier alpha value is -4.12. The minimum atomic E-state index is 0.559. The summed E-state index contributed by atoms with van der Waals surface area (Å²) in [5.74, 6) is 1.40. The zero-order chi connectivity index (χ0) is 23.1. The highest BCUT2D eigenvalue weighted by atomic mass is 16.5. The number of ether oxygens (including phenoxy) is 1. The van der Waals surface area contributed by atoms with Crippen molar-refractivity contribution in [2.24, 2.45) is 14.1 Å². The molecule has 1 saturated heterocycles. The number of hydrogen-bond donors (Lipinski definition) is 1. The van der Waals surface area contributed by atoms with Crippen molar-refractivity contribution in [1.82, 2.24) is 34.3 Å². The largest absolute Gasteiger partial charge is 0.378 e. The molecule has 0 saturated carbocycles. The van der Waals surface area contributed by atoms with Crippen LogP contribution in [0.1, 0.15) is 11.4 Å². The molecule has 0 radical (unpaired) electrons. The Kier molecular flexibility index (Phi) is 5.02. The molecule has 1 fully saturated rings.